The summed E-state index contributed by atoms with van der Waals surface area (Å²) in [5.74, 6) is -3.25. The highest BCUT2D eigenvalue weighted by atomic mass is 19.1. The van der Waals surface area contributed by atoms with Gasteiger partial charge < -0.3 is 14.8 Å². The van der Waals surface area contributed by atoms with E-state index >= 15 is 0 Å². The first-order valence-electron chi connectivity index (χ1n) is 8.32. The van der Waals surface area contributed by atoms with E-state index in [9.17, 15) is 23.6 Å². The van der Waals surface area contributed by atoms with Crippen molar-refractivity contribution < 1.29 is 33.0 Å². The van der Waals surface area contributed by atoms with Gasteiger partial charge in [0.05, 0.1) is 12.7 Å². The Morgan fingerprint density at radius 3 is 2.28 bits per heavy atom. The number of ether oxygens (including phenoxy) is 2. The number of esters is 1. The van der Waals surface area contributed by atoms with Crippen LogP contribution < -0.4 is 20.9 Å². The molecule has 3 amide bonds. The van der Waals surface area contributed by atoms with E-state index in [2.05, 4.69) is 10.1 Å². The van der Waals surface area contributed by atoms with Gasteiger partial charge in [0.15, 0.2) is 6.61 Å². The fourth-order valence-electron chi connectivity index (χ4n) is 2.07. The van der Waals surface area contributed by atoms with Gasteiger partial charge in [-0.3, -0.25) is 30.0 Å². The molecule has 0 aliphatic rings. The van der Waals surface area contributed by atoms with E-state index in [-0.39, 0.29) is 5.56 Å². The van der Waals surface area contributed by atoms with Gasteiger partial charge >= 0.3 is 5.97 Å². The molecule has 0 aliphatic carbocycles. The second-order valence-electron chi connectivity index (χ2n) is 5.55. The Morgan fingerprint density at radius 2 is 1.62 bits per heavy atom. The molecule has 0 saturated carbocycles. The third kappa shape index (κ3) is 6.61. The Balaban J connectivity index is 1.68. The van der Waals surface area contributed by atoms with Crippen molar-refractivity contribution in [3.05, 3.63) is 65.5 Å². The molecule has 0 heterocycles. The van der Waals surface area contributed by atoms with Gasteiger partial charge in [-0.05, 0) is 36.4 Å². The van der Waals surface area contributed by atoms with Crippen LogP contribution in [0.2, 0.25) is 0 Å². The van der Waals surface area contributed by atoms with Crippen molar-refractivity contribution in [3.8, 4) is 5.75 Å². The van der Waals surface area contributed by atoms with Crippen molar-refractivity contribution in [1.29, 1.82) is 0 Å². The summed E-state index contributed by atoms with van der Waals surface area (Å²) in [5, 5.41) is 2.34. The summed E-state index contributed by atoms with van der Waals surface area (Å²) in [6, 6.07) is 11.4. The molecule has 10 heteroatoms. The van der Waals surface area contributed by atoms with Crippen LogP contribution in [0.15, 0.2) is 48.5 Å². The zero-order chi connectivity index (χ0) is 21.2. The quantitative estimate of drug-likeness (QED) is 0.459. The summed E-state index contributed by atoms with van der Waals surface area (Å²) in [6.07, 6.45) is 0. The number of carbonyl (C=O) groups excluding carboxylic acids is 4. The predicted octanol–water partition coefficient (Wildman–Crippen LogP) is 0.568. The number of hydrazine groups is 1. The summed E-state index contributed by atoms with van der Waals surface area (Å²) in [4.78, 5) is 46.8. The monoisotopic (exact) mass is 403 g/mol. The normalized spacial score (nSPS) is 9.86. The zero-order valence-corrected chi connectivity index (χ0v) is 15.4. The van der Waals surface area contributed by atoms with E-state index in [1.807, 2.05) is 10.9 Å². The summed E-state index contributed by atoms with van der Waals surface area (Å²) < 4.78 is 23.1. The average molecular weight is 403 g/mol. The van der Waals surface area contributed by atoms with E-state index in [1.54, 1.807) is 12.1 Å². The lowest BCUT2D eigenvalue weighted by Gasteiger charge is -2.09. The minimum atomic E-state index is -0.866. The minimum absolute atomic E-state index is 0.258. The first kappa shape index (κ1) is 21.4. The van der Waals surface area contributed by atoms with Gasteiger partial charge in [-0.1, -0.05) is 12.1 Å². The molecule has 3 N–H and O–H groups in total. The molecular formula is C19H18FN3O6. The summed E-state index contributed by atoms with van der Waals surface area (Å²) >= 11 is 0. The van der Waals surface area contributed by atoms with Gasteiger partial charge in [0.1, 0.15) is 18.1 Å². The molecular weight excluding hydrogens is 385 g/mol. The maximum Gasteiger partial charge on any atom is 0.325 e. The molecule has 152 valence electrons. The highest BCUT2D eigenvalue weighted by molar-refractivity contribution is 5.97. The first-order chi connectivity index (χ1) is 13.9. The van der Waals surface area contributed by atoms with Gasteiger partial charge in [0, 0.05) is 5.56 Å². The van der Waals surface area contributed by atoms with E-state index in [0.29, 0.717) is 11.3 Å². The maximum atomic E-state index is 13.4. The molecule has 0 atom stereocenters. The first-order valence-corrected chi connectivity index (χ1v) is 8.32. The summed E-state index contributed by atoms with van der Waals surface area (Å²) in [6.45, 7) is -1.16. The van der Waals surface area contributed by atoms with Crippen molar-refractivity contribution in [3.63, 3.8) is 0 Å². The number of benzene rings is 2. The standard InChI is InChI=1S/C19H18FN3O6/c1-28-13-8-6-12(7-9-13)18(26)21-10-17(25)29-11-16(24)22-23-19(27)14-4-2-3-5-15(14)20/h2-9H,10-11H2,1H3,(H,21,26)(H,22,24)(H,23,27). The largest absolute Gasteiger partial charge is 0.497 e. The topological polar surface area (TPSA) is 123 Å². The van der Waals surface area contributed by atoms with Crippen LogP contribution in [0.5, 0.6) is 5.75 Å². The maximum absolute atomic E-state index is 13.4. The van der Waals surface area contributed by atoms with Crippen molar-refractivity contribution >= 4 is 23.7 Å². The molecule has 2 aromatic rings. The number of nitrogens with one attached hydrogen (secondary N) is 3. The van der Waals surface area contributed by atoms with E-state index in [4.69, 9.17) is 4.74 Å². The number of carbonyl (C=O) groups is 4. The molecule has 0 fully saturated rings. The number of amides is 3. The number of halogens is 1. The van der Waals surface area contributed by atoms with Crippen LogP contribution in [-0.4, -0.2) is 44.0 Å². The highest BCUT2D eigenvalue weighted by Crippen LogP contribution is 2.11. The molecule has 2 aromatic carbocycles. The van der Waals surface area contributed by atoms with Crippen molar-refractivity contribution in [1.82, 2.24) is 16.2 Å². The average Bonchev–Trinajstić information content (AvgIpc) is 2.74. The van der Waals surface area contributed by atoms with Crippen LogP contribution >= 0.6 is 0 Å². The molecule has 0 unspecified atom stereocenters. The van der Waals surface area contributed by atoms with Gasteiger partial charge in [-0.15, -0.1) is 0 Å². The van der Waals surface area contributed by atoms with Gasteiger partial charge in [-0.2, -0.15) is 0 Å². The Bertz CT molecular complexity index is 901. The summed E-state index contributed by atoms with van der Waals surface area (Å²) in [5.41, 5.74) is 4.03. The molecule has 0 bridgehead atoms. The molecule has 0 aliphatic heterocycles. The van der Waals surface area contributed by atoms with Crippen molar-refractivity contribution in [2.75, 3.05) is 20.3 Å². The van der Waals surface area contributed by atoms with Crippen molar-refractivity contribution in [2.24, 2.45) is 0 Å². The predicted molar refractivity (Wildman–Crippen MR) is 98.3 cm³/mol. The third-order valence-electron chi connectivity index (χ3n) is 3.54. The van der Waals surface area contributed by atoms with Crippen LogP contribution in [0.1, 0.15) is 20.7 Å². The molecule has 0 spiro atoms. The number of hydrogen-bond acceptors (Lipinski definition) is 6. The van der Waals surface area contributed by atoms with Gasteiger partial charge in [0.2, 0.25) is 0 Å². The third-order valence-corrected chi connectivity index (χ3v) is 3.54. The lowest BCUT2D eigenvalue weighted by molar-refractivity contribution is -0.147. The fourth-order valence-corrected chi connectivity index (χ4v) is 2.07. The molecule has 29 heavy (non-hydrogen) atoms. The Kier molecular flexibility index (Phi) is 7.66. The second kappa shape index (κ2) is 10.4. The Hall–Kier alpha value is -3.95. The van der Waals surface area contributed by atoms with Crippen LogP contribution in [0.4, 0.5) is 4.39 Å². The SMILES string of the molecule is COc1ccc(C(=O)NCC(=O)OCC(=O)NNC(=O)c2ccccc2F)cc1. The van der Waals surface area contributed by atoms with Crippen LogP contribution in [-0.2, 0) is 14.3 Å². The van der Waals surface area contributed by atoms with E-state index < -0.39 is 42.7 Å². The summed E-state index contributed by atoms with van der Waals surface area (Å²) in [7, 11) is 1.49. The molecule has 9 nitrogen and oxygen atoms in total. The van der Waals surface area contributed by atoms with Crippen LogP contribution in [0.3, 0.4) is 0 Å². The molecule has 2 rings (SSSR count). The van der Waals surface area contributed by atoms with E-state index in [0.717, 1.165) is 6.07 Å². The molecule has 0 aromatic heterocycles. The highest BCUT2D eigenvalue weighted by Gasteiger charge is 2.13. The minimum Gasteiger partial charge on any atom is -0.497 e. The van der Waals surface area contributed by atoms with Crippen LogP contribution in [0, 0.1) is 5.82 Å². The number of hydrogen-bond donors (Lipinski definition) is 3. The van der Waals surface area contributed by atoms with Crippen LogP contribution in [0.25, 0.3) is 0 Å². The lowest BCUT2D eigenvalue weighted by Crippen LogP contribution is -2.44. The van der Waals surface area contributed by atoms with Crippen molar-refractivity contribution in [2.45, 2.75) is 0 Å². The fraction of sp³-hybridized carbons (Fsp3) is 0.158. The van der Waals surface area contributed by atoms with Gasteiger partial charge in [0.25, 0.3) is 17.7 Å². The van der Waals surface area contributed by atoms with Gasteiger partial charge in [-0.25, -0.2) is 4.39 Å². The Morgan fingerprint density at radius 1 is 0.931 bits per heavy atom. The molecule has 0 radical (unpaired) electrons. The second-order valence-corrected chi connectivity index (χ2v) is 5.55. The smallest absolute Gasteiger partial charge is 0.325 e. The van der Waals surface area contributed by atoms with E-state index in [1.165, 1.54) is 37.4 Å². The Labute approximate surface area is 165 Å². The number of methoxy groups -OCH3 is 1. The zero-order valence-electron chi connectivity index (χ0n) is 15.4. The number of rotatable bonds is 7. The molecule has 0 saturated heterocycles. The lowest BCUT2D eigenvalue weighted by atomic mass is 10.2.